The molecule has 648 valence electrons. The zero-order chi connectivity index (χ0) is 81.4. The summed E-state index contributed by atoms with van der Waals surface area (Å²) in [7, 11) is 0. The Balaban J connectivity index is 0.705. The molecule has 51 heteroatoms. The van der Waals surface area contributed by atoms with Gasteiger partial charge in [-0.2, -0.15) is 0 Å². The highest BCUT2D eigenvalue weighted by molar-refractivity contribution is 5.03. The molecule has 10 heterocycles. The van der Waals surface area contributed by atoms with Gasteiger partial charge < -0.3 is 253 Å². The van der Waals surface area contributed by atoms with Crippen molar-refractivity contribution in [2.75, 3.05) is 66.1 Å². The van der Waals surface area contributed by atoms with E-state index >= 15 is 0 Å². The molecule has 10 aliphatic heterocycles. The van der Waals surface area contributed by atoms with Crippen LogP contribution in [0.25, 0.3) is 0 Å². The molecule has 0 aliphatic carbocycles. The molecule has 10 fully saturated rings. The predicted molar refractivity (Wildman–Crippen MR) is 330 cm³/mol. The van der Waals surface area contributed by atoms with Gasteiger partial charge in [0.2, 0.25) is 0 Å². The van der Waals surface area contributed by atoms with Crippen molar-refractivity contribution in [2.24, 2.45) is 0 Å². The number of ether oxygens (including phenoxy) is 19. The number of rotatable bonds is 28. The molecular weight excluding hydrogens is 1540 g/mol. The second-order valence-corrected chi connectivity index (χ2v) is 28.0. The summed E-state index contributed by atoms with van der Waals surface area (Å²) < 4.78 is 106. The van der Waals surface area contributed by atoms with Crippen LogP contribution in [-0.4, -0.2) is 537 Å². The van der Waals surface area contributed by atoms with Crippen molar-refractivity contribution < 1.29 is 253 Å². The molecule has 51 nitrogen and oxygen atoms in total. The molecule has 0 spiro atoms. The third kappa shape index (κ3) is 18.8. The van der Waals surface area contributed by atoms with Crippen molar-refractivity contribution >= 4 is 0 Å². The maximum absolute atomic E-state index is 11.5. The first kappa shape index (κ1) is 91.3. The first-order valence-corrected chi connectivity index (χ1v) is 35.2. The van der Waals surface area contributed by atoms with Gasteiger partial charge in [-0.15, -0.1) is 0 Å². The average molecular weight is 1640 g/mol. The molecule has 0 bridgehead atoms. The Kier molecular flexibility index (Phi) is 32.4. The van der Waals surface area contributed by atoms with Crippen LogP contribution in [0.3, 0.4) is 0 Å². The highest BCUT2D eigenvalue weighted by Crippen LogP contribution is 2.41. The number of aliphatic hydroxyl groups excluding tert-OH is 32. The molecule has 0 saturated carbocycles. The van der Waals surface area contributed by atoms with Crippen LogP contribution in [0.1, 0.15) is 0 Å². The number of hydrogen-bond donors (Lipinski definition) is 32. The molecule has 10 rings (SSSR count). The monoisotopic (exact) mass is 1640 g/mol. The maximum atomic E-state index is 11.5. The zero-order valence-corrected chi connectivity index (χ0v) is 58.0. The Hall–Kier alpha value is -2.04. The smallest absolute Gasteiger partial charge is 0.187 e. The van der Waals surface area contributed by atoms with Crippen LogP contribution >= 0.6 is 0 Å². The fraction of sp³-hybridized carbons (Fsp3) is 1.00. The standard InChI is InChI=1S/C60H102O51/c61-1-11-21(71)22(72)33(83)52(94-11)104-43-13(3-63)96-54(35(85)24(43)74)106-45-15(5-65)98-56(37(87)26(45)76)108-47-17(7-67)100-58(39(89)28(47)78)110-49-19(9-69)102-60(41(91)30(49)80)111-50-20(10-70)101-59(40(90)31(50)81)109-48-18(8-68)99-57(38(88)29(48)79)107-46-16(6-66)97-55(36(86)27(46)77)105-44-14(4-64)95-53(34(84)25(44)75)103-42-12(2-62)93-51(92)32(82)23(42)73/h11-92H,1-10H2. The van der Waals surface area contributed by atoms with E-state index in [0.717, 1.165) is 0 Å². The molecule has 50 unspecified atom stereocenters. The van der Waals surface area contributed by atoms with E-state index in [9.17, 15) is 163 Å². The third-order valence-electron chi connectivity index (χ3n) is 20.9. The van der Waals surface area contributed by atoms with E-state index in [0.29, 0.717) is 0 Å². The summed E-state index contributed by atoms with van der Waals surface area (Å²) in [5.41, 5.74) is 0. The van der Waals surface area contributed by atoms with Crippen LogP contribution in [0, 0.1) is 0 Å². The van der Waals surface area contributed by atoms with Gasteiger partial charge in [-0.05, 0) is 0 Å². The van der Waals surface area contributed by atoms with E-state index in [2.05, 4.69) is 0 Å². The molecule has 10 aliphatic rings. The molecule has 32 N–H and O–H groups in total. The second kappa shape index (κ2) is 39.4. The average Bonchev–Trinajstić information content (AvgIpc) is 0.774. The summed E-state index contributed by atoms with van der Waals surface area (Å²) in [4.78, 5) is 0. The summed E-state index contributed by atoms with van der Waals surface area (Å²) in [5, 5.41) is 345. The predicted octanol–water partition coefficient (Wildman–Crippen LogP) is -22.8. The van der Waals surface area contributed by atoms with Gasteiger partial charge in [0.05, 0.1) is 66.1 Å². The van der Waals surface area contributed by atoms with E-state index in [1.165, 1.54) is 0 Å². The molecule has 0 aromatic rings. The lowest BCUT2D eigenvalue weighted by atomic mass is 9.95. The highest BCUT2D eigenvalue weighted by Gasteiger charge is 2.61. The summed E-state index contributed by atoms with van der Waals surface area (Å²) in [6.07, 6.45) is -101. The van der Waals surface area contributed by atoms with Crippen molar-refractivity contribution in [1.29, 1.82) is 0 Å². The van der Waals surface area contributed by atoms with Crippen LogP contribution in [-0.2, 0) is 90.0 Å². The van der Waals surface area contributed by atoms with Crippen molar-refractivity contribution in [3.8, 4) is 0 Å². The van der Waals surface area contributed by atoms with Crippen LogP contribution in [0.4, 0.5) is 0 Å². The Morgan fingerprint density at radius 2 is 0.261 bits per heavy atom. The molecule has 50 atom stereocenters. The summed E-state index contributed by atoms with van der Waals surface area (Å²) in [5.74, 6) is 0. The Labute approximate surface area is 625 Å². The highest BCUT2D eigenvalue weighted by atomic mass is 16.8. The number of hydrogen-bond acceptors (Lipinski definition) is 51. The minimum atomic E-state index is -2.32. The van der Waals surface area contributed by atoms with Gasteiger partial charge in [0.15, 0.2) is 62.9 Å². The molecule has 0 amide bonds. The third-order valence-corrected chi connectivity index (χ3v) is 20.9. The Morgan fingerprint density at radius 3 is 0.414 bits per heavy atom. The largest absolute Gasteiger partial charge is 0.394 e. The first-order chi connectivity index (χ1) is 52.7. The summed E-state index contributed by atoms with van der Waals surface area (Å²) in [6, 6.07) is 0. The van der Waals surface area contributed by atoms with Gasteiger partial charge in [0, 0.05) is 0 Å². The van der Waals surface area contributed by atoms with Crippen molar-refractivity contribution in [3.05, 3.63) is 0 Å². The Bertz CT molecular complexity index is 2760. The van der Waals surface area contributed by atoms with Gasteiger partial charge in [0.1, 0.15) is 244 Å². The zero-order valence-electron chi connectivity index (χ0n) is 58.0. The van der Waals surface area contributed by atoms with E-state index in [4.69, 9.17) is 90.0 Å². The van der Waals surface area contributed by atoms with Gasteiger partial charge in [-0.3, -0.25) is 0 Å². The van der Waals surface area contributed by atoms with Gasteiger partial charge in [-0.25, -0.2) is 0 Å². The molecular formula is C60H102O51. The topological polar surface area (TPSA) is 823 Å². The minimum absolute atomic E-state index is 0.869. The normalized spacial score (nSPS) is 53.7. The van der Waals surface area contributed by atoms with Crippen molar-refractivity contribution in [3.63, 3.8) is 0 Å². The van der Waals surface area contributed by atoms with E-state index < -0.39 is 373 Å². The first-order valence-electron chi connectivity index (χ1n) is 35.2. The van der Waals surface area contributed by atoms with Crippen molar-refractivity contribution in [2.45, 2.75) is 307 Å². The minimum Gasteiger partial charge on any atom is -0.394 e. The van der Waals surface area contributed by atoms with Crippen LogP contribution in [0.15, 0.2) is 0 Å². The lowest BCUT2D eigenvalue weighted by Crippen LogP contribution is -2.68. The van der Waals surface area contributed by atoms with Crippen molar-refractivity contribution in [1.82, 2.24) is 0 Å². The fourth-order valence-corrected chi connectivity index (χ4v) is 14.5. The molecule has 0 aromatic heterocycles. The molecule has 0 radical (unpaired) electrons. The molecule has 111 heavy (non-hydrogen) atoms. The SMILES string of the molecule is OCC1OC(OC2C(CO)OC(OC3C(CO)OC(OC4C(CO)OC(OC5C(CO)OC(OC6C(CO)OC(OC7C(CO)OC(OC8C(CO)OC(OC9C(CO)OC(OC%10C(CO)OC(O)C(O)C%10O)C(O)C9O)C(O)C8O)C(O)C7O)C(O)C6O)C(O)C5O)C(O)C4O)C(O)C3O)C(O)C2O)C(O)C(O)C1O. The number of aliphatic hydroxyl groups is 32. The van der Waals surface area contributed by atoms with E-state index in [-0.39, 0.29) is 0 Å². The summed E-state index contributed by atoms with van der Waals surface area (Å²) in [6.45, 7) is -10.5. The second-order valence-electron chi connectivity index (χ2n) is 28.0. The molecule has 10 saturated heterocycles. The van der Waals surface area contributed by atoms with Crippen LogP contribution in [0.2, 0.25) is 0 Å². The van der Waals surface area contributed by atoms with Gasteiger partial charge in [-0.1, -0.05) is 0 Å². The van der Waals surface area contributed by atoms with Gasteiger partial charge in [0.25, 0.3) is 0 Å². The van der Waals surface area contributed by atoms with Crippen LogP contribution in [0.5, 0.6) is 0 Å². The Morgan fingerprint density at radius 1 is 0.135 bits per heavy atom. The fourth-order valence-electron chi connectivity index (χ4n) is 14.5. The quantitative estimate of drug-likeness (QED) is 0.0346. The van der Waals surface area contributed by atoms with Crippen LogP contribution < -0.4 is 0 Å². The van der Waals surface area contributed by atoms with E-state index in [1.54, 1.807) is 0 Å². The maximum Gasteiger partial charge on any atom is 0.187 e. The van der Waals surface area contributed by atoms with E-state index in [1.807, 2.05) is 0 Å². The molecule has 0 aromatic carbocycles. The lowest BCUT2D eigenvalue weighted by Gasteiger charge is -2.50. The summed E-state index contributed by atoms with van der Waals surface area (Å²) >= 11 is 0. The van der Waals surface area contributed by atoms with Gasteiger partial charge >= 0.3 is 0 Å². The lowest BCUT2D eigenvalue weighted by molar-refractivity contribution is -0.400.